The monoisotopic (exact) mass is 251 g/mol. The Bertz CT molecular complexity index is 390. The normalized spacial score (nSPS) is 31.6. The average molecular weight is 251 g/mol. The number of fused-ring (bicyclic) bond motifs is 2. The van der Waals surface area contributed by atoms with Crippen LogP contribution < -0.4 is 5.32 Å². The van der Waals surface area contributed by atoms with E-state index in [9.17, 15) is 0 Å². The number of aromatic nitrogens is 1. The van der Waals surface area contributed by atoms with Crippen LogP contribution in [0.5, 0.6) is 0 Å². The van der Waals surface area contributed by atoms with E-state index in [1.54, 1.807) is 11.3 Å². The number of hydrogen-bond acceptors (Lipinski definition) is 4. The van der Waals surface area contributed by atoms with Gasteiger partial charge in [-0.15, -0.1) is 11.3 Å². The van der Waals surface area contributed by atoms with Crippen molar-refractivity contribution >= 4 is 11.3 Å². The molecule has 2 saturated heterocycles. The van der Waals surface area contributed by atoms with Crippen LogP contribution in [0.2, 0.25) is 0 Å². The largest absolute Gasteiger partial charge is 0.311 e. The van der Waals surface area contributed by atoms with Crippen LogP contribution in [0.4, 0.5) is 0 Å². The summed E-state index contributed by atoms with van der Waals surface area (Å²) >= 11 is 1.78. The van der Waals surface area contributed by atoms with Crippen molar-refractivity contribution < 1.29 is 0 Å². The van der Waals surface area contributed by atoms with Gasteiger partial charge in [0, 0.05) is 30.1 Å². The Labute approximate surface area is 107 Å². The molecule has 2 aliphatic rings. The lowest BCUT2D eigenvalue weighted by molar-refractivity contribution is 0.243. The number of aryl methyl sites for hydroxylation is 1. The first-order valence-electron chi connectivity index (χ1n) is 6.56. The molecule has 2 bridgehead atoms. The van der Waals surface area contributed by atoms with Crippen LogP contribution in [-0.2, 0) is 6.54 Å². The summed E-state index contributed by atoms with van der Waals surface area (Å²) in [5.74, 6) is 0.868. The lowest BCUT2D eigenvalue weighted by Gasteiger charge is -2.25. The van der Waals surface area contributed by atoms with Gasteiger partial charge in [0.25, 0.3) is 0 Å². The molecule has 3 nitrogen and oxygen atoms in total. The van der Waals surface area contributed by atoms with E-state index in [-0.39, 0.29) is 0 Å². The van der Waals surface area contributed by atoms with Crippen molar-refractivity contribution in [3.05, 3.63) is 16.1 Å². The molecule has 2 aliphatic heterocycles. The number of nitrogens with one attached hydrogen (secondary N) is 1. The summed E-state index contributed by atoms with van der Waals surface area (Å²) in [6, 6.07) is 1.62. The summed E-state index contributed by atoms with van der Waals surface area (Å²) in [5.41, 5.74) is 3.16. The Hall–Kier alpha value is -0.450. The summed E-state index contributed by atoms with van der Waals surface area (Å²) in [7, 11) is 2.24. The fraction of sp³-hybridized carbons (Fsp3) is 0.769. The highest BCUT2D eigenvalue weighted by molar-refractivity contribution is 7.09. The Morgan fingerprint density at radius 1 is 1.53 bits per heavy atom. The minimum absolute atomic E-state index is 0.796. The standard InChI is InChI=1S/C13H21N3S/c1-9-13(17-8-14-9)7-16(2)6-10-5-11-3-4-12(10)15-11/h8,10-12,15H,3-7H2,1-2H3. The average Bonchev–Trinajstić information content (AvgIpc) is 2.96. The van der Waals surface area contributed by atoms with Gasteiger partial charge < -0.3 is 10.2 Å². The molecule has 3 heterocycles. The Morgan fingerprint density at radius 3 is 3.00 bits per heavy atom. The molecular formula is C13H21N3S. The molecule has 1 aromatic rings. The van der Waals surface area contributed by atoms with Crippen molar-refractivity contribution in [3.63, 3.8) is 0 Å². The van der Waals surface area contributed by atoms with Crippen LogP contribution in [0.25, 0.3) is 0 Å². The second-order valence-electron chi connectivity index (χ2n) is 5.60. The first kappa shape index (κ1) is 11.6. The molecule has 0 amide bonds. The van der Waals surface area contributed by atoms with E-state index in [0.717, 1.165) is 24.5 Å². The highest BCUT2D eigenvalue weighted by Gasteiger charge is 2.39. The van der Waals surface area contributed by atoms with Gasteiger partial charge in [-0.2, -0.15) is 0 Å². The molecule has 2 fully saturated rings. The summed E-state index contributed by atoms with van der Waals surface area (Å²) in [5, 5.41) is 3.72. The van der Waals surface area contributed by atoms with Crippen LogP contribution in [0, 0.1) is 12.8 Å². The molecule has 0 spiro atoms. The van der Waals surface area contributed by atoms with E-state index in [1.165, 1.54) is 36.4 Å². The molecule has 0 aromatic carbocycles. The predicted molar refractivity (Wildman–Crippen MR) is 71.2 cm³/mol. The molecule has 3 rings (SSSR count). The summed E-state index contributed by atoms with van der Waals surface area (Å²) in [6.07, 6.45) is 4.18. The fourth-order valence-electron chi connectivity index (χ4n) is 3.33. The predicted octanol–water partition coefficient (Wildman–Crippen LogP) is 2.02. The van der Waals surface area contributed by atoms with Gasteiger partial charge in [-0.05, 0) is 39.2 Å². The van der Waals surface area contributed by atoms with Crippen molar-refractivity contribution in [2.45, 2.75) is 44.8 Å². The van der Waals surface area contributed by atoms with Crippen LogP contribution >= 0.6 is 11.3 Å². The maximum atomic E-state index is 4.32. The van der Waals surface area contributed by atoms with Crippen molar-refractivity contribution in [1.29, 1.82) is 0 Å². The van der Waals surface area contributed by atoms with Gasteiger partial charge in [-0.25, -0.2) is 4.98 Å². The van der Waals surface area contributed by atoms with Crippen LogP contribution in [0.3, 0.4) is 0 Å². The van der Waals surface area contributed by atoms with E-state index in [4.69, 9.17) is 0 Å². The van der Waals surface area contributed by atoms with E-state index in [0.29, 0.717) is 0 Å². The lowest BCUT2D eigenvalue weighted by atomic mass is 9.89. The van der Waals surface area contributed by atoms with E-state index in [1.807, 2.05) is 5.51 Å². The van der Waals surface area contributed by atoms with Gasteiger partial charge in [0.05, 0.1) is 11.2 Å². The van der Waals surface area contributed by atoms with Gasteiger partial charge >= 0.3 is 0 Å². The summed E-state index contributed by atoms with van der Waals surface area (Å²) < 4.78 is 0. The smallest absolute Gasteiger partial charge is 0.0798 e. The van der Waals surface area contributed by atoms with Gasteiger partial charge in [-0.3, -0.25) is 0 Å². The third-order valence-electron chi connectivity index (χ3n) is 4.24. The summed E-state index contributed by atoms with van der Waals surface area (Å²) in [6.45, 7) is 4.40. The minimum atomic E-state index is 0.796. The minimum Gasteiger partial charge on any atom is -0.311 e. The van der Waals surface area contributed by atoms with Crippen molar-refractivity contribution in [2.75, 3.05) is 13.6 Å². The first-order valence-corrected chi connectivity index (χ1v) is 7.44. The van der Waals surface area contributed by atoms with Crippen molar-refractivity contribution in [2.24, 2.45) is 5.92 Å². The quantitative estimate of drug-likeness (QED) is 0.887. The SMILES string of the molecule is Cc1ncsc1CN(C)CC1CC2CCC1N2. The van der Waals surface area contributed by atoms with Gasteiger partial charge in [-0.1, -0.05) is 0 Å². The topological polar surface area (TPSA) is 28.2 Å². The van der Waals surface area contributed by atoms with E-state index >= 15 is 0 Å². The molecule has 17 heavy (non-hydrogen) atoms. The zero-order chi connectivity index (χ0) is 11.8. The molecule has 0 saturated carbocycles. The third-order valence-corrected chi connectivity index (χ3v) is 5.16. The Balaban J connectivity index is 1.54. The van der Waals surface area contributed by atoms with Crippen molar-refractivity contribution in [3.8, 4) is 0 Å². The van der Waals surface area contributed by atoms with E-state index in [2.05, 4.69) is 29.2 Å². The summed E-state index contributed by atoms with van der Waals surface area (Å²) in [4.78, 5) is 8.21. The second-order valence-corrected chi connectivity index (χ2v) is 6.54. The van der Waals surface area contributed by atoms with Crippen LogP contribution in [0.1, 0.15) is 29.8 Å². The molecule has 3 atom stereocenters. The van der Waals surface area contributed by atoms with E-state index < -0.39 is 0 Å². The van der Waals surface area contributed by atoms with Gasteiger partial charge in [0.15, 0.2) is 0 Å². The Kier molecular flexibility index (Phi) is 3.19. The first-order chi connectivity index (χ1) is 8.22. The zero-order valence-electron chi connectivity index (χ0n) is 10.6. The number of thiazole rings is 1. The van der Waals surface area contributed by atoms with Gasteiger partial charge in [0.1, 0.15) is 0 Å². The highest BCUT2D eigenvalue weighted by atomic mass is 32.1. The molecular weight excluding hydrogens is 230 g/mol. The molecule has 1 aromatic heterocycles. The maximum Gasteiger partial charge on any atom is 0.0798 e. The van der Waals surface area contributed by atoms with Gasteiger partial charge in [0.2, 0.25) is 0 Å². The molecule has 3 unspecified atom stereocenters. The molecule has 0 aliphatic carbocycles. The lowest BCUT2D eigenvalue weighted by Crippen LogP contribution is -2.32. The third kappa shape index (κ3) is 2.39. The van der Waals surface area contributed by atoms with Crippen LogP contribution in [0.15, 0.2) is 5.51 Å². The second kappa shape index (κ2) is 4.67. The maximum absolute atomic E-state index is 4.32. The zero-order valence-corrected chi connectivity index (χ0v) is 11.5. The van der Waals surface area contributed by atoms with Crippen molar-refractivity contribution in [1.82, 2.24) is 15.2 Å². The highest BCUT2D eigenvalue weighted by Crippen LogP contribution is 2.33. The number of nitrogens with zero attached hydrogens (tertiary/aromatic N) is 2. The molecule has 1 N–H and O–H groups in total. The number of hydrogen-bond donors (Lipinski definition) is 1. The Morgan fingerprint density at radius 2 is 2.41 bits per heavy atom. The number of rotatable bonds is 4. The molecule has 4 heteroatoms. The fourth-order valence-corrected chi connectivity index (χ4v) is 4.18. The molecule has 94 valence electrons. The molecule has 0 radical (unpaired) electrons. The van der Waals surface area contributed by atoms with Crippen LogP contribution in [-0.4, -0.2) is 35.6 Å².